The van der Waals surface area contributed by atoms with Crippen molar-refractivity contribution in [3.63, 3.8) is 0 Å². The van der Waals surface area contributed by atoms with Crippen molar-refractivity contribution in [3.8, 4) is 0 Å². The molecule has 0 radical (unpaired) electrons. The summed E-state index contributed by atoms with van der Waals surface area (Å²) >= 11 is 3.42. The van der Waals surface area contributed by atoms with E-state index in [0.717, 1.165) is 27.9 Å². The minimum absolute atomic E-state index is 0.284. The number of halogens is 1. The van der Waals surface area contributed by atoms with Crippen LogP contribution in [0.5, 0.6) is 0 Å². The fourth-order valence-corrected chi connectivity index (χ4v) is 2.39. The molecule has 2 rings (SSSR count). The number of hydrogen-bond donors (Lipinski definition) is 0. The van der Waals surface area contributed by atoms with Crippen molar-refractivity contribution in [1.29, 1.82) is 0 Å². The molecular formula is C13H15BrO. The van der Waals surface area contributed by atoms with Gasteiger partial charge in [-0.25, -0.2) is 0 Å². The summed E-state index contributed by atoms with van der Waals surface area (Å²) in [4.78, 5) is 11.9. The third-order valence-electron chi connectivity index (χ3n) is 2.84. The Morgan fingerprint density at radius 3 is 2.73 bits per heavy atom. The minimum atomic E-state index is 0.284. The zero-order chi connectivity index (χ0) is 10.8. The lowest BCUT2D eigenvalue weighted by Crippen LogP contribution is -2.00. The zero-order valence-corrected chi connectivity index (χ0v) is 10.5. The van der Waals surface area contributed by atoms with E-state index in [4.69, 9.17) is 0 Å². The Labute approximate surface area is 99.0 Å². The Morgan fingerprint density at radius 1 is 1.40 bits per heavy atom. The van der Waals surface area contributed by atoms with E-state index in [-0.39, 0.29) is 5.78 Å². The zero-order valence-electron chi connectivity index (χ0n) is 8.92. The average molecular weight is 267 g/mol. The molecule has 1 nitrogen and oxygen atoms in total. The van der Waals surface area contributed by atoms with E-state index >= 15 is 0 Å². The normalized spacial score (nSPS) is 15.3. The van der Waals surface area contributed by atoms with Crippen LogP contribution < -0.4 is 0 Å². The molecule has 2 heteroatoms. The summed E-state index contributed by atoms with van der Waals surface area (Å²) in [5.74, 6) is 1.12. The standard InChI is InChI=1S/C13H15BrO/c1-9-6-11(8-12(14)7-9)13(15)5-4-10-2-3-10/h6-8,10H,2-5H2,1H3. The highest BCUT2D eigenvalue weighted by Gasteiger charge is 2.22. The van der Waals surface area contributed by atoms with Crippen LogP contribution in [0.1, 0.15) is 41.6 Å². The molecule has 0 aliphatic heterocycles. The van der Waals surface area contributed by atoms with Gasteiger partial charge in [-0.3, -0.25) is 4.79 Å². The Morgan fingerprint density at radius 2 is 2.13 bits per heavy atom. The van der Waals surface area contributed by atoms with Crippen LogP contribution in [-0.4, -0.2) is 5.78 Å². The van der Waals surface area contributed by atoms with Crippen LogP contribution >= 0.6 is 15.9 Å². The fourth-order valence-electron chi connectivity index (χ4n) is 1.78. The van der Waals surface area contributed by atoms with Gasteiger partial charge in [-0.15, -0.1) is 0 Å². The monoisotopic (exact) mass is 266 g/mol. The van der Waals surface area contributed by atoms with Crippen molar-refractivity contribution in [3.05, 3.63) is 33.8 Å². The topological polar surface area (TPSA) is 17.1 Å². The molecule has 0 saturated heterocycles. The maximum Gasteiger partial charge on any atom is 0.162 e. The maximum atomic E-state index is 11.9. The molecule has 0 atom stereocenters. The number of carbonyl (C=O) groups is 1. The van der Waals surface area contributed by atoms with Gasteiger partial charge in [0.1, 0.15) is 0 Å². The van der Waals surface area contributed by atoms with Gasteiger partial charge in [0.2, 0.25) is 0 Å². The SMILES string of the molecule is Cc1cc(Br)cc(C(=O)CCC2CC2)c1. The molecule has 0 unspecified atom stereocenters. The van der Waals surface area contributed by atoms with E-state index in [9.17, 15) is 4.79 Å². The van der Waals surface area contributed by atoms with Crippen molar-refractivity contribution < 1.29 is 4.79 Å². The lowest BCUT2D eigenvalue weighted by Gasteiger charge is -2.03. The Hall–Kier alpha value is -0.630. The Balaban J connectivity index is 2.02. The van der Waals surface area contributed by atoms with Crippen LogP contribution in [0, 0.1) is 12.8 Å². The number of carbonyl (C=O) groups excluding carboxylic acids is 1. The molecule has 1 aromatic carbocycles. The van der Waals surface area contributed by atoms with Gasteiger partial charge >= 0.3 is 0 Å². The molecule has 0 N–H and O–H groups in total. The second-order valence-corrected chi connectivity index (χ2v) is 5.34. The third-order valence-corrected chi connectivity index (χ3v) is 3.30. The molecule has 1 aromatic rings. The van der Waals surface area contributed by atoms with Crippen LogP contribution in [0.15, 0.2) is 22.7 Å². The molecule has 1 saturated carbocycles. The van der Waals surface area contributed by atoms with Gasteiger partial charge in [-0.05, 0) is 43.0 Å². The summed E-state index contributed by atoms with van der Waals surface area (Å²) in [7, 11) is 0. The molecule has 80 valence electrons. The number of rotatable bonds is 4. The van der Waals surface area contributed by atoms with Crippen molar-refractivity contribution in [1.82, 2.24) is 0 Å². The average Bonchev–Trinajstić information content (AvgIpc) is 2.96. The lowest BCUT2D eigenvalue weighted by molar-refractivity contribution is 0.0978. The number of benzene rings is 1. The molecule has 0 amide bonds. The molecule has 1 aliphatic carbocycles. The van der Waals surface area contributed by atoms with Gasteiger partial charge in [-0.1, -0.05) is 28.8 Å². The highest BCUT2D eigenvalue weighted by Crippen LogP contribution is 2.34. The largest absolute Gasteiger partial charge is 0.294 e. The number of aryl methyl sites for hydroxylation is 1. The molecule has 1 fully saturated rings. The van der Waals surface area contributed by atoms with E-state index < -0.39 is 0 Å². The van der Waals surface area contributed by atoms with Crippen LogP contribution in [0.2, 0.25) is 0 Å². The Bertz CT molecular complexity index is 360. The highest BCUT2D eigenvalue weighted by molar-refractivity contribution is 9.10. The smallest absolute Gasteiger partial charge is 0.162 e. The number of hydrogen-bond acceptors (Lipinski definition) is 1. The summed E-state index contributed by atoms with van der Waals surface area (Å²) < 4.78 is 0.997. The van der Waals surface area contributed by atoms with Gasteiger partial charge in [-0.2, -0.15) is 0 Å². The molecule has 0 aromatic heterocycles. The lowest BCUT2D eigenvalue weighted by atomic mass is 10.0. The van der Waals surface area contributed by atoms with E-state index in [0.29, 0.717) is 6.42 Å². The highest BCUT2D eigenvalue weighted by atomic mass is 79.9. The van der Waals surface area contributed by atoms with E-state index in [2.05, 4.69) is 15.9 Å². The third kappa shape index (κ3) is 3.16. The molecule has 0 heterocycles. The van der Waals surface area contributed by atoms with Crippen molar-refractivity contribution in [2.45, 2.75) is 32.6 Å². The van der Waals surface area contributed by atoms with Crippen LogP contribution in [0.25, 0.3) is 0 Å². The molecule has 0 spiro atoms. The van der Waals surface area contributed by atoms with E-state index in [1.54, 1.807) is 0 Å². The number of ketones is 1. The molecule has 15 heavy (non-hydrogen) atoms. The van der Waals surface area contributed by atoms with Gasteiger partial charge in [0.25, 0.3) is 0 Å². The van der Waals surface area contributed by atoms with Crippen molar-refractivity contribution in [2.24, 2.45) is 5.92 Å². The summed E-state index contributed by atoms with van der Waals surface area (Å²) in [5.41, 5.74) is 1.99. The second-order valence-electron chi connectivity index (χ2n) is 4.42. The first-order valence-corrected chi connectivity index (χ1v) is 6.25. The first-order valence-electron chi connectivity index (χ1n) is 5.45. The Kier molecular flexibility index (Phi) is 3.25. The summed E-state index contributed by atoms with van der Waals surface area (Å²) in [6.45, 7) is 2.02. The van der Waals surface area contributed by atoms with Crippen LogP contribution in [0.3, 0.4) is 0 Å². The van der Waals surface area contributed by atoms with Gasteiger partial charge in [0, 0.05) is 16.5 Å². The molecule has 0 bridgehead atoms. The van der Waals surface area contributed by atoms with Gasteiger partial charge < -0.3 is 0 Å². The van der Waals surface area contributed by atoms with Gasteiger partial charge in [0.15, 0.2) is 5.78 Å². The maximum absolute atomic E-state index is 11.9. The van der Waals surface area contributed by atoms with Crippen LogP contribution in [0.4, 0.5) is 0 Å². The van der Waals surface area contributed by atoms with E-state index in [1.807, 2.05) is 25.1 Å². The predicted molar refractivity (Wildman–Crippen MR) is 65.2 cm³/mol. The number of Topliss-reactive ketones (excluding diaryl/α,β-unsaturated/α-hetero) is 1. The summed E-state index contributed by atoms with van der Waals surface area (Å²) in [6, 6.07) is 5.92. The summed E-state index contributed by atoms with van der Waals surface area (Å²) in [5, 5.41) is 0. The quantitative estimate of drug-likeness (QED) is 0.749. The molecular weight excluding hydrogens is 252 g/mol. The fraction of sp³-hybridized carbons (Fsp3) is 0.462. The second kappa shape index (κ2) is 4.48. The summed E-state index contributed by atoms with van der Waals surface area (Å²) in [6.07, 6.45) is 4.43. The predicted octanol–water partition coefficient (Wildman–Crippen LogP) is 4.13. The van der Waals surface area contributed by atoms with Crippen LogP contribution in [-0.2, 0) is 0 Å². The first kappa shape index (κ1) is 10.9. The van der Waals surface area contributed by atoms with Crippen molar-refractivity contribution >= 4 is 21.7 Å². The minimum Gasteiger partial charge on any atom is -0.294 e. The van der Waals surface area contributed by atoms with Crippen molar-refractivity contribution in [2.75, 3.05) is 0 Å². The first-order chi connectivity index (χ1) is 7.15. The van der Waals surface area contributed by atoms with Gasteiger partial charge in [0.05, 0.1) is 0 Å². The molecule has 1 aliphatic rings. The van der Waals surface area contributed by atoms with E-state index in [1.165, 1.54) is 12.8 Å².